The van der Waals surface area contributed by atoms with Gasteiger partial charge in [0, 0.05) is 0 Å². The van der Waals surface area contributed by atoms with Crippen molar-refractivity contribution in [3.63, 3.8) is 0 Å². The molecule has 1 fully saturated rings. The lowest BCUT2D eigenvalue weighted by Gasteiger charge is -2.09. The molecule has 4 nitrogen and oxygen atoms in total. The fourth-order valence-electron chi connectivity index (χ4n) is 1.57. The Bertz CT molecular complexity index is 214. The summed E-state index contributed by atoms with van der Waals surface area (Å²) in [6, 6.07) is 0.287. The Hall–Kier alpha value is -0.900. The number of hydrogen-bond donors (Lipinski definition) is 1. The second-order valence-corrected chi connectivity index (χ2v) is 3.14. The predicted octanol–water partition coefficient (Wildman–Crippen LogP) is 1.27. The minimum absolute atomic E-state index is 0.287. The van der Waals surface area contributed by atoms with Crippen LogP contribution in [-0.2, 0) is 0 Å². The summed E-state index contributed by atoms with van der Waals surface area (Å²) in [6.07, 6.45) is 6.38. The SMILES string of the molecule is c1noc(C2CCCCCN2)n1. The first-order valence-corrected chi connectivity index (χ1v) is 4.47. The summed E-state index contributed by atoms with van der Waals surface area (Å²) in [7, 11) is 0. The molecule has 0 bridgehead atoms. The quantitative estimate of drug-likeness (QED) is 0.684. The highest BCUT2D eigenvalue weighted by molar-refractivity contribution is 4.87. The Morgan fingerprint density at radius 1 is 1.42 bits per heavy atom. The van der Waals surface area contributed by atoms with Gasteiger partial charge in [-0.3, -0.25) is 0 Å². The first-order valence-electron chi connectivity index (χ1n) is 4.47. The van der Waals surface area contributed by atoms with Gasteiger partial charge in [0.05, 0.1) is 6.04 Å². The van der Waals surface area contributed by atoms with Gasteiger partial charge in [0.25, 0.3) is 0 Å². The smallest absolute Gasteiger partial charge is 0.243 e. The first-order chi connectivity index (χ1) is 5.97. The van der Waals surface area contributed by atoms with E-state index in [1.807, 2.05) is 0 Å². The molecule has 2 heterocycles. The van der Waals surface area contributed by atoms with Crippen LogP contribution in [0.4, 0.5) is 0 Å². The van der Waals surface area contributed by atoms with E-state index in [-0.39, 0.29) is 6.04 Å². The molecule has 0 amide bonds. The molecule has 1 saturated heterocycles. The van der Waals surface area contributed by atoms with E-state index in [9.17, 15) is 0 Å². The third-order valence-corrected chi connectivity index (χ3v) is 2.24. The van der Waals surface area contributed by atoms with Crippen molar-refractivity contribution >= 4 is 0 Å². The number of nitrogens with zero attached hydrogens (tertiary/aromatic N) is 2. The van der Waals surface area contributed by atoms with Gasteiger partial charge in [-0.1, -0.05) is 18.0 Å². The fraction of sp³-hybridized carbons (Fsp3) is 0.750. The summed E-state index contributed by atoms with van der Waals surface area (Å²) in [6.45, 7) is 1.06. The third kappa shape index (κ3) is 1.64. The Morgan fingerprint density at radius 3 is 3.25 bits per heavy atom. The van der Waals surface area contributed by atoms with E-state index >= 15 is 0 Å². The van der Waals surface area contributed by atoms with Gasteiger partial charge in [-0.05, 0) is 19.4 Å². The van der Waals surface area contributed by atoms with Crippen LogP contribution in [0.1, 0.15) is 37.6 Å². The van der Waals surface area contributed by atoms with E-state index in [4.69, 9.17) is 4.52 Å². The first kappa shape index (κ1) is 7.73. The number of aromatic nitrogens is 2. The van der Waals surface area contributed by atoms with Crippen LogP contribution in [0.15, 0.2) is 10.9 Å². The molecule has 66 valence electrons. The van der Waals surface area contributed by atoms with Gasteiger partial charge in [0.2, 0.25) is 5.89 Å². The minimum Gasteiger partial charge on any atom is -0.338 e. The highest BCUT2D eigenvalue weighted by Crippen LogP contribution is 2.19. The Morgan fingerprint density at radius 2 is 2.42 bits per heavy atom. The summed E-state index contributed by atoms with van der Waals surface area (Å²) in [5, 5.41) is 6.99. The Balaban J connectivity index is 2.02. The van der Waals surface area contributed by atoms with Crippen molar-refractivity contribution in [3.05, 3.63) is 12.2 Å². The fourth-order valence-corrected chi connectivity index (χ4v) is 1.57. The molecule has 1 unspecified atom stereocenters. The molecule has 0 saturated carbocycles. The van der Waals surface area contributed by atoms with Crippen molar-refractivity contribution in [2.75, 3.05) is 6.54 Å². The molecular weight excluding hydrogens is 154 g/mol. The second kappa shape index (κ2) is 3.67. The van der Waals surface area contributed by atoms with Crippen LogP contribution >= 0.6 is 0 Å². The largest absolute Gasteiger partial charge is 0.338 e. The highest BCUT2D eigenvalue weighted by atomic mass is 16.5. The highest BCUT2D eigenvalue weighted by Gasteiger charge is 2.17. The minimum atomic E-state index is 0.287. The molecule has 1 aliphatic heterocycles. The molecule has 0 aromatic carbocycles. The van der Waals surface area contributed by atoms with Crippen molar-refractivity contribution in [3.8, 4) is 0 Å². The number of rotatable bonds is 1. The van der Waals surface area contributed by atoms with Gasteiger partial charge in [-0.2, -0.15) is 4.98 Å². The number of hydrogen-bond acceptors (Lipinski definition) is 4. The summed E-state index contributed by atoms with van der Waals surface area (Å²) < 4.78 is 5.00. The second-order valence-electron chi connectivity index (χ2n) is 3.14. The molecule has 1 aliphatic rings. The van der Waals surface area contributed by atoms with E-state index in [0.29, 0.717) is 0 Å². The molecule has 2 rings (SSSR count). The maximum atomic E-state index is 5.00. The molecule has 1 aromatic rings. The predicted molar refractivity (Wildman–Crippen MR) is 43.5 cm³/mol. The van der Waals surface area contributed by atoms with E-state index < -0.39 is 0 Å². The maximum Gasteiger partial charge on any atom is 0.243 e. The Labute approximate surface area is 71.4 Å². The van der Waals surface area contributed by atoms with E-state index in [1.54, 1.807) is 0 Å². The van der Waals surface area contributed by atoms with E-state index in [1.165, 1.54) is 25.6 Å². The van der Waals surface area contributed by atoms with Gasteiger partial charge < -0.3 is 9.84 Å². The van der Waals surface area contributed by atoms with Crippen LogP contribution in [0.2, 0.25) is 0 Å². The van der Waals surface area contributed by atoms with Crippen molar-refractivity contribution in [2.24, 2.45) is 0 Å². The average molecular weight is 167 g/mol. The standard InChI is InChI=1S/C8H13N3O/c1-2-4-7(9-5-3-1)8-10-6-11-12-8/h6-7,9H,1-5H2. The lowest BCUT2D eigenvalue weighted by atomic mass is 10.1. The van der Waals surface area contributed by atoms with Crippen molar-refractivity contribution in [1.82, 2.24) is 15.5 Å². The summed E-state index contributed by atoms with van der Waals surface area (Å²) in [5.74, 6) is 0.733. The zero-order valence-electron chi connectivity index (χ0n) is 6.99. The van der Waals surface area contributed by atoms with E-state index in [0.717, 1.165) is 18.9 Å². The van der Waals surface area contributed by atoms with Crippen LogP contribution < -0.4 is 5.32 Å². The van der Waals surface area contributed by atoms with Crippen LogP contribution in [0, 0.1) is 0 Å². The summed E-state index contributed by atoms with van der Waals surface area (Å²) in [5.41, 5.74) is 0. The molecule has 4 heteroatoms. The molecule has 1 aromatic heterocycles. The van der Waals surface area contributed by atoms with Crippen LogP contribution in [0.3, 0.4) is 0 Å². The molecular formula is C8H13N3O. The molecule has 1 atom stereocenters. The lowest BCUT2D eigenvalue weighted by molar-refractivity contribution is 0.326. The summed E-state index contributed by atoms with van der Waals surface area (Å²) >= 11 is 0. The van der Waals surface area contributed by atoms with Crippen LogP contribution in [0.5, 0.6) is 0 Å². The summed E-state index contributed by atoms with van der Waals surface area (Å²) in [4.78, 5) is 4.04. The normalized spacial score (nSPS) is 25.2. The third-order valence-electron chi connectivity index (χ3n) is 2.24. The molecule has 12 heavy (non-hydrogen) atoms. The average Bonchev–Trinajstić information content (AvgIpc) is 2.48. The zero-order chi connectivity index (χ0) is 8.23. The van der Waals surface area contributed by atoms with Crippen molar-refractivity contribution in [1.29, 1.82) is 0 Å². The molecule has 0 radical (unpaired) electrons. The number of nitrogens with one attached hydrogen (secondary N) is 1. The van der Waals surface area contributed by atoms with Crippen molar-refractivity contribution < 1.29 is 4.52 Å². The van der Waals surface area contributed by atoms with Crippen molar-refractivity contribution in [2.45, 2.75) is 31.7 Å². The van der Waals surface area contributed by atoms with Crippen LogP contribution in [-0.4, -0.2) is 16.7 Å². The Kier molecular flexibility index (Phi) is 2.36. The lowest BCUT2D eigenvalue weighted by Crippen LogP contribution is -2.20. The van der Waals surface area contributed by atoms with E-state index in [2.05, 4.69) is 15.5 Å². The van der Waals surface area contributed by atoms with Gasteiger partial charge in [-0.25, -0.2) is 0 Å². The zero-order valence-corrected chi connectivity index (χ0v) is 6.99. The molecule has 0 aliphatic carbocycles. The molecule has 1 N–H and O–H groups in total. The van der Waals surface area contributed by atoms with Gasteiger partial charge in [-0.15, -0.1) is 0 Å². The van der Waals surface area contributed by atoms with Crippen LogP contribution in [0.25, 0.3) is 0 Å². The van der Waals surface area contributed by atoms with Gasteiger partial charge in [0.15, 0.2) is 6.33 Å². The topological polar surface area (TPSA) is 51.0 Å². The monoisotopic (exact) mass is 167 g/mol. The maximum absolute atomic E-state index is 5.00. The van der Waals surface area contributed by atoms with Gasteiger partial charge in [0.1, 0.15) is 0 Å². The molecule has 0 spiro atoms. The van der Waals surface area contributed by atoms with Gasteiger partial charge >= 0.3 is 0 Å².